The van der Waals surface area contributed by atoms with E-state index in [-0.39, 0.29) is 29.7 Å². The van der Waals surface area contributed by atoms with E-state index >= 15 is 0 Å². The number of hydrogen-bond donors (Lipinski definition) is 1. The van der Waals surface area contributed by atoms with Crippen molar-refractivity contribution in [3.8, 4) is 0 Å². The summed E-state index contributed by atoms with van der Waals surface area (Å²) in [5.41, 5.74) is 1.65. The van der Waals surface area contributed by atoms with E-state index in [1.165, 1.54) is 11.3 Å². The molecule has 4 rings (SSSR count). The first-order chi connectivity index (χ1) is 16.8. The number of nitrogens with one attached hydrogen (secondary N) is 1. The van der Waals surface area contributed by atoms with Crippen molar-refractivity contribution in [1.82, 2.24) is 20.0 Å². The average Bonchev–Trinajstić information content (AvgIpc) is 3.46. The Morgan fingerprint density at radius 2 is 1.89 bits per heavy atom. The number of rotatable bonds is 6. The molecule has 0 aliphatic carbocycles. The Bertz CT molecular complexity index is 1010. The Labute approximate surface area is 212 Å². The predicted molar refractivity (Wildman–Crippen MR) is 139 cm³/mol. The van der Waals surface area contributed by atoms with Gasteiger partial charge in [-0.3, -0.25) is 14.4 Å². The Balaban J connectivity index is 1.63. The van der Waals surface area contributed by atoms with Crippen LogP contribution >= 0.6 is 11.3 Å². The summed E-state index contributed by atoms with van der Waals surface area (Å²) in [6.45, 7) is 10.1. The zero-order valence-electron chi connectivity index (χ0n) is 20.9. The topological polar surface area (TPSA) is 73.0 Å². The number of likely N-dealkylation sites (tertiary alicyclic amines) is 1. The molecule has 0 spiro atoms. The third kappa shape index (κ3) is 5.93. The summed E-state index contributed by atoms with van der Waals surface area (Å²) in [5.74, 6) is 0.0942. The second kappa shape index (κ2) is 11.4. The highest BCUT2D eigenvalue weighted by molar-refractivity contribution is 7.12. The standard InChI is InChI=1S/C27H36N4O3S/c1-19(2)17-30(27(34)24-6-4-15-35-24)22-16-23(26(33)29-13-5-11-28-12-14-29)31(18-22)25(32)21-9-7-20(3)8-10-21/h4,6-10,15,19,22-23,28H,5,11-14,16-18H2,1-3H3. The van der Waals surface area contributed by atoms with Crippen LogP contribution in [0.2, 0.25) is 0 Å². The van der Waals surface area contributed by atoms with Gasteiger partial charge >= 0.3 is 0 Å². The fourth-order valence-corrected chi connectivity index (χ4v) is 5.65. The Morgan fingerprint density at radius 1 is 1.11 bits per heavy atom. The molecule has 8 heteroatoms. The minimum atomic E-state index is -0.572. The van der Waals surface area contributed by atoms with Gasteiger partial charge in [-0.1, -0.05) is 37.6 Å². The maximum absolute atomic E-state index is 13.7. The summed E-state index contributed by atoms with van der Waals surface area (Å²) in [7, 11) is 0. The largest absolute Gasteiger partial charge is 0.340 e. The maximum Gasteiger partial charge on any atom is 0.264 e. The molecule has 0 saturated carbocycles. The molecule has 188 valence electrons. The SMILES string of the molecule is Cc1ccc(C(=O)N2CC(N(CC(C)C)C(=O)c3cccs3)CC2C(=O)N2CCCNCC2)cc1. The van der Waals surface area contributed by atoms with Crippen molar-refractivity contribution in [2.75, 3.05) is 39.3 Å². The number of thiophene rings is 1. The molecule has 2 atom stereocenters. The summed E-state index contributed by atoms with van der Waals surface area (Å²) in [6, 6.07) is 10.4. The fourth-order valence-electron chi connectivity index (χ4n) is 4.97. The molecule has 2 aromatic rings. The lowest BCUT2D eigenvalue weighted by molar-refractivity contribution is -0.135. The molecular formula is C27H36N4O3S. The molecule has 35 heavy (non-hydrogen) atoms. The molecular weight excluding hydrogens is 460 g/mol. The van der Waals surface area contributed by atoms with E-state index in [9.17, 15) is 14.4 Å². The Hall–Kier alpha value is -2.71. The number of aryl methyl sites for hydroxylation is 1. The Morgan fingerprint density at radius 3 is 2.57 bits per heavy atom. The van der Waals surface area contributed by atoms with E-state index in [4.69, 9.17) is 0 Å². The first kappa shape index (κ1) is 25.4. The van der Waals surface area contributed by atoms with Crippen molar-refractivity contribution in [3.05, 3.63) is 57.8 Å². The molecule has 3 amide bonds. The molecule has 2 saturated heterocycles. The molecule has 0 radical (unpaired) electrons. The molecule has 2 unspecified atom stereocenters. The van der Waals surface area contributed by atoms with Crippen LogP contribution in [0, 0.1) is 12.8 Å². The number of carbonyl (C=O) groups excluding carboxylic acids is 3. The molecule has 1 aromatic carbocycles. The molecule has 2 fully saturated rings. The normalized spacial score (nSPS) is 20.7. The summed E-state index contributed by atoms with van der Waals surface area (Å²) in [5, 5.41) is 5.25. The van der Waals surface area contributed by atoms with Crippen LogP contribution in [0.25, 0.3) is 0 Å². The van der Waals surface area contributed by atoms with Crippen LogP contribution in [-0.2, 0) is 4.79 Å². The maximum atomic E-state index is 13.7. The number of carbonyl (C=O) groups is 3. The first-order valence-electron chi connectivity index (χ1n) is 12.6. The van der Waals surface area contributed by atoms with Crippen molar-refractivity contribution < 1.29 is 14.4 Å². The van der Waals surface area contributed by atoms with E-state index in [1.807, 2.05) is 58.5 Å². The van der Waals surface area contributed by atoms with Crippen LogP contribution in [0.3, 0.4) is 0 Å². The Kier molecular flexibility index (Phi) is 8.23. The second-order valence-electron chi connectivity index (χ2n) is 9.99. The van der Waals surface area contributed by atoms with E-state index < -0.39 is 6.04 Å². The van der Waals surface area contributed by atoms with E-state index in [0.29, 0.717) is 43.0 Å². The zero-order chi connectivity index (χ0) is 24.9. The molecule has 0 bridgehead atoms. The quantitative estimate of drug-likeness (QED) is 0.666. The van der Waals surface area contributed by atoms with E-state index in [2.05, 4.69) is 19.2 Å². The van der Waals surface area contributed by atoms with Gasteiger partial charge in [0.15, 0.2) is 0 Å². The van der Waals surface area contributed by atoms with Gasteiger partial charge in [-0.25, -0.2) is 0 Å². The number of amides is 3. The highest BCUT2D eigenvalue weighted by Gasteiger charge is 2.44. The lowest BCUT2D eigenvalue weighted by Gasteiger charge is -2.30. The van der Waals surface area contributed by atoms with Crippen molar-refractivity contribution in [2.24, 2.45) is 5.92 Å². The van der Waals surface area contributed by atoms with Gasteiger partial charge in [0, 0.05) is 38.3 Å². The monoisotopic (exact) mass is 496 g/mol. The molecule has 1 N–H and O–H groups in total. The number of hydrogen-bond acceptors (Lipinski definition) is 5. The highest BCUT2D eigenvalue weighted by Crippen LogP contribution is 2.29. The van der Waals surface area contributed by atoms with Crippen LogP contribution in [0.5, 0.6) is 0 Å². The van der Waals surface area contributed by atoms with Gasteiger partial charge in [0.05, 0.1) is 10.9 Å². The summed E-state index contributed by atoms with van der Waals surface area (Å²) in [6.07, 6.45) is 1.36. The van der Waals surface area contributed by atoms with Gasteiger partial charge in [0.25, 0.3) is 11.8 Å². The second-order valence-corrected chi connectivity index (χ2v) is 10.9. The van der Waals surface area contributed by atoms with Crippen LogP contribution in [-0.4, -0.2) is 83.8 Å². The third-order valence-electron chi connectivity index (χ3n) is 6.77. The van der Waals surface area contributed by atoms with Crippen LogP contribution < -0.4 is 5.32 Å². The fraction of sp³-hybridized carbons (Fsp3) is 0.519. The first-order valence-corrected chi connectivity index (χ1v) is 13.4. The lowest BCUT2D eigenvalue weighted by atomic mass is 10.1. The van der Waals surface area contributed by atoms with E-state index in [0.717, 1.165) is 25.1 Å². The molecule has 1 aromatic heterocycles. The van der Waals surface area contributed by atoms with Gasteiger partial charge in [0.2, 0.25) is 5.91 Å². The van der Waals surface area contributed by atoms with Gasteiger partial charge in [-0.05, 0) is 55.8 Å². The number of benzene rings is 1. The molecule has 2 aliphatic heterocycles. The van der Waals surface area contributed by atoms with Crippen LogP contribution in [0.4, 0.5) is 0 Å². The number of nitrogens with zero attached hydrogens (tertiary/aromatic N) is 3. The van der Waals surface area contributed by atoms with Crippen molar-refractivity contribution in [2.45, 2.75) is 45.7 Å². The average molecular weight is 497 g/mol. The molecule has 2 aliphatic rings. The van der Waals surface area contributed by atoms with Gasteiger partial charge < -0.3 is 20.0 Å². The minimum Gasteiger partial charge on any atom is -0.340 e. The lowest BCUT2D eigenvalue weighted by Crippen LogP contribution is -2.48. The summed E-state index contributed by atoms with van der Waals surface area (Å²) >= 11 is 1.43. The minimum absolute atomic E-state index is 0.00951. The predicted octanol–water partition coefficient (Wildman–Crippen LogP) is 3.26. The zero-order valence-corrected chi connectivity index (χ0v) is 21.7. The van der Waals surface area contributed by atoms with E-state index in [1.54, 1.807) is 4.90 Å². The van der Waals surface area contributed by atoms with Gasteiger partial charge in [0.1, 0.15) is 6.04 Å². The van der Waals surface area contributed by atoms with Crippen molar-refractivity contribution in [1.29, 1.82) is 0 Å². The molecule has 7 nitrogen and oxygen atoms in total. The highest BCUT2D eigenvalue weighted by atomic mass is 32.1. The van der Waals surface area contributed by atoms with Crippen molar-refractivity contribution in [3.63, 3.8) is 0 Å². The van der Waals surface area contributed by atoms with Crippen molar-refractivity contribution >= 4 is 29.1 Å². The smallest absolute Gasteiger partial charge is 0.264 e. The van der Waals surface area contributed by atoms with Crippen LogP contribution in [0.15, 0.2) is 41.8 Å². The summed E-state index contributed by atoms with van der Waals surface area (Å²) in [4.78, 5) is 47.0. The summed E-state index contributed by atoms with van der Waals surface area (Å²) < 4.78 is 0. The van der Waals surface area contributed by atoms with Gasteiger partial charge in [-0.2, -0.15) is 0 Å². The van der Waals surface area contributed by atoms with Gasteiger partial charge in [-0.15, -0.1) is 11.3 Å². The molecule has 3 heterocycles. The van der Waals surface area contributed by atoms with Crippen LogP contribution in [0.1, 0.15) is 52.3 Å². The third-order valence-corrected chi connectivity index (χ3v) is 7.63.